The van der Waals surface area contributed by atoms with Crippen LogP contribution in [0.2, 0.25) is 0 Å². The molecule has 0 atom stereocenters. The van der Waals surface area contributed by atoms with Crippen LogP contribution in [0.5, 0.6) is 5.75 Å². The van der Waals surface area contributed by atoms with E-state index in [2.05, 4.69) is 12.1 Å². The van der Waals surface area contributed by atoms with E-state index in [4.69, 9.17) is 4.74 Å². The van der Waals surface area contributed by atoms with Crippen LogP contribution in [-0.2, 0) is 6.54 Å². The molecular weight excluding hydrogens is 262 g/mol. The predicted molar refractivity (Wildman–Crippen MR) is 82.3 cm³/mol. The number of benzene rings is 2. The number of methoxy groups -OCH3 is 1. The topological polar surface area (TPSA) is 29.5 Å². The molecule has 0 saturated heterocycles. The SMILES string of the molecule is COc1ccccc1C(=O)N(Cc1ccccc1)C1CC1. The van der Waals surface area contributed by atoms with Crippen molar-refractivity contribution in [1.29, 1.82) is 0 Å². The fourth-order valence-electron chi connectivity index (χ4n) is 2.51. The molecule has 0 radical (unpaired) electrons. The lowest BCUT2D eigenvalue weighted by Gasteiger charge is -2.23. The van der Waals surface area contributed by atoms with Crippen LogP contribution in [0, 0.1) is 0 Å². The molecule has 0 aliphatic heterocycles. The minimum atomic E-state index is 0.0544. The van der Waals surface area contributed by atoms with Gasteiger partial charge in [-0.3, -0.25) is 4.79 Å². The van der Waals surface area contributed by atoms with E-state index in [0.717, 1.165) is 18.4 Å². The van der Waals surface area contributed by atoms with Crippen molar-refractivity contribution in [3.05, 3.63) is 65.7 Å². The van der Waals surface area contributed by atoms with E-state index in [0.29, 0.717) is 23.9 Å². The average molecular weight is 281 g/mol. The average Bonchev–Trinajstić information content (AvgIpc) is 3.37. The number of carbonyl (C=O) groups is 1. The molecule has 1 fully saturated rings. The lowest BCUT2D eigenvalue weighted by molar-refractivity contribution is 0.0726. The molecule has 2 aromatic carbocycles. The summed E-state index contributed by atoms with van der Waals surface area (Å²) < 4.78 is 5.32. The first kappa shape index (κ1) is 13.7. The Morgan fingerprint density at radius 3 is 2.43 bits per heavy atom. The summed E-state index contributed by atoms with van der Waals surface area (Å²) in [7, 11) is 1.60. The van der Waals surface area contributed by atoms with Crippen LogP contribution in [0.15, 0.2) is 54.6 Å². The molecule has 1 saturated carbocycles. The molecule has 1 aliphatic rings. The van der Waals surface area contributed by atoms with Gasteiger partial charge in [-0.2, -0.15) is 0 Å². The van der Waals surface area contributed by atoms with Crippen molar-refractivity contribution in [2.75, 3.05) is 7.11 Å². The zero-order chi connectivity index (χ0) is 14.7. The highest BCUT2D eigenvalue weighted by molar-refractivity contribution is 5.97. The molecule has 108 valence electrons. The predicted octanol–water partition coefficient (Wildman–Crippen LogP) is 3.50. The normalized spacial score (nSPS) is 13.8. The lowest BCUT2D eigenvalue weighted by atomic mass is 10.1. The maximum atomic E-state index is 12.9. The lowest BCUT2D eigenvalue weighted by Crippen LogP contribution is -2.32. The quantitative estimate of drug-likeness (QED) is 0.839. The van der Waals surface area contributed by atoms with Gasteiger partial charge < -0.3 is 9.64 Å². The zero-order valence-electron chi connectivity index (χ0n) is 12.2. The maximum Gasteiger partial charge on any atom is 0.258 e. The Balaban J connectivity index is 1.85. The summed E-state index contributed by atoms with van der Waals surface area (Å²) in [5.41, 5.74) is 1.80. The second kappa shape index (κ2) is 6.00. The standard InChI is InChI=1S/C18H19NO2/c1-21-17-10-6-5-9-16(17)18(20)19(15-11-12-15)13-14-7-3-2-4-8-14/h2-10,15H,11-13H2,1H3. The summed E-state index contributed by atoms with van der Waals surface area (Å²) in [6.45, 7) is 0.655. The third-order valence-electron chi connectivity index (χ3n) is 3.78. The van der Waals surface area contributed by atoms with Crippen molar-refractivity contribution in [2.24, 2.45) is 0 Å². The Morgan fingerprint density at radius 1 is 1.10 bits per heavy atom. The third-order valence-corrected chi connectivity index (χ3v) is 3.78. The fourth-order valence-corrected chi connectivity index (χ4v) is 2.51. The molecule has 0 spiro atoms. The fraction of sp³-hybridized carbons (Fsp3) is 0.278. The first-order valence-electron chi connectivity index (χ1n) is 7.27. The van der Waals surface area contributed by atoms with Gasteiger partial charge in [-0.1, -0.05) is 42.5 Å². The van der Waals surface area contributed by atoms with Gasteiger partial charge >= 0.3 is 0 Å². The van der Waals surface area contributed by atoms with Crippen LogP contribution in [-0.4, -0.2) is 24.0 Å². The molecule has 1 amide bonds. The van der Waals surface area contributed by atoms with Crippen molar-refractivity contribution in [3.8, 4) is 5.75 Å². The molecule has 3 heteroatoms. The molecule has 3 nitrogen and oxygen atoms in total. The van der Waals surface area contributed by atoms with Crippen molar-refractivity contribution >= 4 is 5.91 Å². The van der Waals surface area contributed by atoms with E-state index in [1.165, 1.54) is 0 Å². The second-order valence-corrected chi connectivity index (χ2v) is 5.35. The van der Waals surface area contributed by atoms with Crippen LogP contribution >= 0.6 is 0 Å². The number of para-hydroxylation sites is 1. The molecule has 0 bridgehead atoms. The number of amides is 1. The number of nitrogens with zero attached hydrogens (tertiary/aromatic N) is 1. The minimum Gasteiger partial charge on any atom is -0.496 e. The molecule has 0 aromatic heterocycles. The van der Waals surface area contributed by atoms with Gasteiger partial charge in [-0.25, -0.2) is 0 Å². The van der Waals surface area contributed by atoms with Gasteiger partial charge in [0.25, 0.3) is 5.91 Å². The summed E-state index contributed by atoms with van der Waals surface area (Å²) in [4.78, 5) is 14.8. The highest BCUT2D eigenvalue weighted by Gasteiger charge is 2.33. The van der Waals surface area contributed by atoms with Gasteiger partial charge in [0.05, 0.1) is 12.7 Å². The van der Waals surface area contributed by atoms with E-state index < -0.39 is 0 Å². The smallest absolute Gasteiger partial charge is 0.258 e. The molecule has 3 rings (SSSR count). The highest BCUT2D eigenvalue weighted by atomic mass is 16.5. The summed E-state index contributed by atoms with van der Waals surface area (Å²) in [6.07, 6.45) is 2.18. The summed E-state index contributed by atoms with van der Waals surface area (Å²) in [6, 6.07) is 17.9. The Kier molecular flexibility index (Phi) is 3.91. The molecular formula is C18H19NO2. The van der Waals surface area contributed by atoms with Crippen LogP contribution < -0.4 is 4.74 Å². The van der Waals surface area contributed by atoms with Crippen LogP contribution in [0.1, 0.15) is 28.8 Å². The van der Waals surface area contributed by atoms with E-state index in [1.807, 2.05) is 47.4 Å². The first-order valence-corrected chi connectivity index (χ1v) is 7.27. The van der Waals surface area contributed by atoms with Crippen molar-refractivity contribution < 1.29 is 9.53 Å². The molecule has 0 heterocycles. The molecule has 2 aromatic rings. The summed E-state index contributed by atoms with van der Waals surface area (Å²) in [5, 5.41) is 0. The van der Waals surface area contributed by atoms with E-state index in [9.17, 15) is 4.79 Å². The van der Waals surface area contributed by atoms with Crippen LogP contribution in [0.4, 0.5) is 0 Å². The van der Waals surface area contributed by atoms with Gasteiger partial charge in [0, 0.05) is 12.6 Å². The van der Waals surface area contributed by atoms with Gasteiger partial charge in [0.2, 0.25) is 0 Å². The third kappa shape index (κ3) is 3.07. The van der Waals surface area contributed by atoms with Crippen molar-refractivity contribution in [1.82, 2.24) is 4.90 Å². The zero-order valence-corrected chi connectivity index (χ0v) is 12.2. The largest absolute Gasteiger partial charge is 0.496 e. The Hall–Kier alpha value is -2.29. The number of hydrogen-bond donors (Lipinski definition) is 0. The highest BCUT2D eigenvalue weighted by Crippen LogP contribution is 2.31. The molecule has 0 unspecified atom stereocenters. The van der Waals surface area contributed by atoms with Gasteiger partial charge in [-0.05, 0) is 30.5 Å². The first-order chi connectivity index (χ1) is 10.3. The molecule has 1 aliphatic carbocycles. The summed E-state index contributed by atoms with van der Waals surface area (Å²) >= 11 is 0. The van der Waals surface area contributed by atoms with Crippen LogP contribution in [0.3, 0.4) is 0 Å². The van der Waals surface area contributed by atoms with Crippen molar-refractivity contribution in [2.45, 2.75) is 25.4 Å². The molecule has 21 heavy (non-hydrogen) atoms. The summed E-state index contributed by atoms with van der Waals surface area (Å²) in [5.74, 6) is 0.694. The Labute approximate surface area is 125 Å². The monoisotopic (exact) mass is 281 g/mol. The van der Waals surface area contributed by atoms with Crippen molar-refractivity contribution in [3.63, 3.8) is 0 Å². The van der Waals surface area contributed by atoms with Gasteiger partial charge in [-0.15, -0.1) is 0 Å². The second-order valence-electron chi connectivity index (χ2n) is 5.35. The van der Waals surface area contributed by atoms with Gasteiger partial charge in [0.15, 0.2) is 0 Å². The van der Waals surface area contributed by atoms with E-state index in [-0.39, 0.29) is 5.91 Å². The number of carbonyl (C=O) groups excluding carboxylic acids is 1. The molecule has 0 N–H and O–H groups in total. The number of ether oxygens (including phenoxy) is 1. The van der Waals surface area contributed by atoms with Crippen LogP contribution in [0.25, 0.3) is 0 Å². The van der Waals surface area contributed by atoms with Gasteiger partial charge in [0.1, 0.15) is 5.75 Å². The maximum absolute atomic E-state index is 12.9. The number of rotatable bonds is 5. The minimum absolute atomic E-state index is 0.0544. The Bertz CT molecular complexity index is 620. The van der Waals surface area contributed by atoms with E-state index >= 15 is 0 Å². The van der Waals surface area contributed by atoms with E-state index in [1.54, 1.807) is 7.11 Å². The Morgan fingerprint density at radius 2 is 1.76 bits per heavy atom. The number of hydrogen-bond acceptors (Lipinski definition) is 2.